The smallest absolute Gasteiger partial charge is 0.475 e. The number of carboxylic acids is 1. The highest BCUT2D eigenvalue weighted by atomic mass is 19.4. The number of benzene rings is 2. The minimum absolute atomic E-state index is 0.246. The SMILES string of the molecule is CCCCCC=C(C)C(=O)OC(c1ccccc1)c1ccccc1.O=C(O)C(F)(F)F. The molecule has 0 heterocycles. The first-order chi connectivity index (χ1) is 14.7. The fourth-order valence-electron chi connectivity index (χ4n) is 2.58. The maximum Gasteiger partial charge on any atom is 0.490 e. The molecule has 0 aromatic heterocycles. The number of ether oxygens (including phenoxy) is 1. The Labute approximate surface area is 180 Å². The number of alkyl halides is 3. The average molecular weight is 436 g/mol. The van der Waals surface area contributed by atoms with Gasteiger partial charge in [0.25, 0.3) is 0 Å². The van der Waals surface area contributed by atoms with E-state index in [9.17, 15) is 18.0 Å². The number of allylic oxidation sites excluding steroid dienone is 1. The number of carbonyl (C=O) groups excluding carboxylic acids is 1. The van der Waals surface area contributed by atoms with Crippen molar-refractivity contribution in [3.8, 4) is 0 Å². The summed E-state index contributed by atoms with van der Waals surface area (Å²) in [7, 11) is 0. The van der Waals surface area contributed by atoms with Gasteiger partial charge in [-0.2, -0.15) is 13.2 Å². The molecule has 0 unspecified atom stereocenters. The van der Waals surface area contributed by atoms with E-state index in [1.54, 1.807) is 0 Å². The van der Waals surface area contributed by atoms with Gasteiger partial charge in [-0.05, 0) is 30.9 Å². The zero-order valence-corrected chi connectivity index (χ0v) is 17.6. The van der Waals surface area contributed by atoms with Gasteiger partial charge in [-0.3, -0.25) is 0 Å². The van der Waals surface area contributed by atoms with E-state index in [1.165, 1.54) is 12.8 Å². The number of carboxylic acid groups (broad SMARTS) is 1. The van der Waals surface area contributed by atoms with E-state index in [2.05, 4.69) is 6.92 Å². The maximum atomic E-state index is 12.5. The third-order valence-electron chi connectivity index (χ3n) is 4.25. The Morgan fingerprint density at radius 2 is 1.42 bits per heavy atom. The summed E-state index contributed by atoms with van der Waals surface area (Å²) in [6, 6.07) is 19.8. The topological polar surface area (TPSA) is 63.6 Å². The first-order valence-corrected chi connectivity index (χ1v) is 9.94. The van der Waals surface area contributed by atoms with Gasteiger partial charge in [0.15, 0.2) is 6.10 Å². The molecule has 2 aromatic rings. The summed E-state index contributed by atoms with van der Waals surface area (Å²) >= 11 is 0. The molecule has 0 aliphatic carbocycles. The largest absolute Gasteiger partial charge is 0.490 e. The number of carbonyl (C=O) groups is 2. The summed E-state index contributed by atoms with van der Waals surface area (Å²) in [5, 5.41) is 7.12. The molecule has 4 nitrogen and oxygen atoms in total. The number of hydrogen-bond donors (Lipinski definition) is 1. The van der Waals surface area contributed by atoms with Crippen LogP contribution in [0.3, 0.4) is 0 Å². The molecule has 0 aliphatic rings. The third-order valence-corrected chi connectivity index (χ3v) is 4.25. The van der Waals surface area contributed by atoms with Crippen molar-refractivity contribution in [2.45, 2.75) is 51.8 Å². The normalized spacial score (nSPS) is 11.5. The molecule has 0 spiro atoms. The molecule has 0 fully saturated rings. The van der Waals surface area contributed by atoms with Gasteiger partial charge in [0.2, 0.25) is 0 Å². The molecule has 0 aliphatic heterocycles. The molecule has 1 N–H and O–H groups in total. The van der Waals surface area contributed by atoms with Crippen LogP contribution >= 0.6 is 0 Å². The quantitative estimate of drug-likeness (QED) is 0.292. The van der Waals surface area contributed by atoms with Crippen molar-refractivity contribution in [1.82, 2.24) is 0 Å². The summed E-state index contributed by atoms with van der Waals surface area (Å²) in [5.41, 5.74) is 2.65. The van der Waals surface area contributed by atoms with Gasteiger partial charge in [0.05, 0.1) is 0 Å². The second kappa shape index (κ2) is 13.3. The summed E-state index contributed by atoms with van der Waals surface area (Å²) in [6.45, 7) is 4.01. The molecular weight excluding hydrogens is 409 g/mol. The van der Waals surface area contributed by atoms with Crippen molar-refractivity contribution in [1.29, 1.82) is 0 Å². The Balaban J connectivity index is 0.000000592. The zero-order chi connectivity index (χ0) is 23.3. The number of rotatable bonds is 8. The van der Waals surface area contributed by atoms with Crippen LogP contribution < -0.4 is 0 Å². The van der Waals surface area contributed by atoms with E-state index >= 15 is 0 Å². The van der Waals surface area contributed by atoms with Gasteiger partial charge in [-0.15, -0.1) is 0 Å². The van der Waals surface area contributed by atoms with Crippen LogP contribution in [0.15, 0.2) is 72.3 Å². The molecule has 7 heteroatoms. The average Bonchev–Trinajstić information content (AvgIpc) is 2.75. The molecule has 0 saturated carbocycles. The minimum atomic E-state index is -5.08. The van der Waals surface area contributed by atoms with Crippen LogP contribution in [-0.2, 0) is 14.3 Å². The number of halogens is 3. The van der Waals surface area contributed by atoms with Gasteiger partial charge in [-0.25, -0.2) is 9.59 Å². The fourth-order valence-corrected chi connectivity index (χ4v) is 2.58. The Morgan fingerprint density at radius 3 is 1.81 bits per heavy atom. The predicted molar refractivity (Wildman–Crippen MR) is 112 cm³/mol. The number of unbranched alkanes of at least 4 members (excludes halogenated alkanes) is 3. The van der Waals surface area contributed by atoms with Crippen molar-refractivity contribution < 1.29 is 32.6 Å². The molecule has 31 heavy (non-hydrogen) atoms. The molecule has 2 aromatic carbocycles. The molecule has 0 amide bonds. The third kappa shape index (κ3) is 9.98. The summed E-state index contributed by atoms with van der Waals surface area (Å²) in [6.07, 6.45) is 0.943. The monoisotopic (exact) mass is 436 g/mol. The summed E-state index contributed by atoms with van der Waals surface area (Å²) in [4.78, 5) is 21.4. The Bertz CT molecular complexity index is 791. The lowest BCUT2D eigenvalue weighted by molar-refractivity contribution is -0.192. The van der Waals surface area contributed by atoms with Crippen molar-refractivity contribution in [3.63, 3.8) is 0 Å². The standard InChI is InChI=1S/C22H26O2.C2HF3O2/c1-3-4-5-8-13-18(2)22(23)24-21(19-14-9-6-10-15-19)20-16-11-7-12-17-20;3-2(4,5)1(6)7/h6-7,9-17,21H,3-5,8H2,1-2H3;(H,6,7). The lowest BCUT2D eigenvalue weighted by atomic mass is 10.0. The second-order valence-electron chi connectivity index (χ2n) is 6.79. The van der Waals surface area contributed by atoms with Gasteiger partial charge < -0.3 is 9.84 Å². The van der Waals surface area contributed by atoms with Crippen molar-refractivity contribution in [2.24, 2.45) is 0 Å². The fraction of sp³-hybridized carbons (Fsp3) is 0.333. The lowest BCUT2D eigenvalue weighted by Crippen LogP contribution is -2.21. The van der Waals surface area contributed by atoms with Crippen molar-refractivity contribution >= 4 is 11.9 Å². The summed E-state index contributed by atoms with van der Waals surface area (Å²) < 4.78 is 37.6. The van der Waals surface area contributed by atoms with E-state index in [0.717, 1.165) is 24.0 Å². The Hall–Kier alpha value is -3.09. The van der Waals surface area contributed by atoms with E-state index in [4.69, 9.17) is 14.6 Å². The highest BCUT2D eigenvalue weighted by Gasteiger charge is 2.38. The van der Waals surface area contributed by atoms with Crippen LogP contribution in [0.5, 0.6) is 0 Å². The van der Waals surface area contributed by atoms with Gasteiger partial charge in [0.1, 0.15) is 0 Å². The van der Waals surface area contributed by atoms with Crippen LogP contribution in [0, 0.1) is 0 Å². The molecular formula is C24H27F3O4. The molecule has 0 saturated heterocycles. The van der Waals surface area contributed by atoms with E-state index < -0.39 is 12.1 Å². The molecule has 2 rings (SSSR count). The van der Waals surface area contributed by atoms with E-state index in [1.807, 2.05) is 73.7 Å². The molecule has 168 valence electrons. The van der Waals surface area contributed by atoms with E-state index in [0.29, 0.717) is 5.57 Å². The van der Waals surface area contributed by atoms with Crippen LogP contribution in [-0.4, -0.2) is 23.2 Å². The highest BCUT2D eigenvalue weighted by molar-refractivity contribution is 5.88. The summed E-state index contributed by atoms with van der Waals surface area (Å²) in [5.74, 6) is -3.00. The molecule has 0 bridgehead atoms. The van der Waals surface area contributed by atoms with E-state index in [-0.39, 0.29) is 12.1 Å². The highest BCUT2D eigenvalue weighted by Crippen LogP contribution is 2.27. The first kappa shape index (κ1) is 25.9. The Kier molecular flexibility index (Phi) is 11.1. The number of aliphatic carboxylic acids is 1. The van der Waals surface area contributed by atoms with Crippen LogP contribution in [0.1, 0.15) is 56.8 Å². The second-order valence-corrected chi connectivity index (χ2v) is 6.79. The Morgan fingerprint density at radius 1 is 0.968 bits per heavy atom. The molecule has 0 atom stereocenters. The lowest BCUT2D eigenvalue weighted by Gasteiger charge is -2.19. The zero-order valence-electron chi connectivity index (χ0n) is 17.6. The predicted octanol–water partition coefficient (Wildman–Crippen LogP) is 6.48. The van der Waals surface area contributed by atoms with Gasteiger partial charge in [0, 0.05) is 5.57 Å². The van der Waals surface area contributed by atoms with Crippen molar-refractivity contribution in [2.75, 3.05) is 0 Å². The van der Waals surface area contributed by atoms with Gasteiger partial charge >= 0.3 is 18.1 Å². The van der Waals surface area contributed by atoms with Crippen LogP contribution in [0.25, 0.3) is 0 Å². The first-order valence-electron chi connectivity index (χ1n) is 9.94. The van der Waals surface area contributed by atoms with Crippen molar-refractivity contribution in [3.05, 3.63) is 83.4 Å². The van der Waals surface area contributed by atoms with Crippen LogP contribution in [0.4, 0.5) is 13.2 Å². The minimum Gasteiger partial charge on any atom is -0.475 e. The number of hydrogen-bond acceptors (Lipinski definition) is 3. The van der Waals surface area contributed by atoms with Gasteiger partial charge in [-0.1, -0.05) is 86.5 Å². The number of esters is 1. The molecule has 0 radical (unpaired) electrons. The maximum absolute atomic E-state index is 12.5. The van der Waals surface area contributed by atoms with Crippen LogP contribution in [0.2, 0.25) is 0 Å².